The number of hydrogen-bond donors (Lipinski definition) is 7. The fourth-order valence-corrected chi connectivity index (χ4v) is 11.5. The lowest BCUT2D eigenvalue weighted by atomic mass is 9.42. The molecule has 7 aliphatic rings. The third kappa shape index (κ3) is 5.51. The van der Waals surface area contributed by atoms with Gasteiger partial charge in [0.1, 0.15) is 37.1 Å². The zero-order valence-corrected chi connectivity index (χ0v) is 28.1. The second-order valence-corrected chi connectivity index (χ2v) is 16.3. The van der Waals surface area contributed by atoms with Gasteiger partial charge in [-0.25, -0.2) is 4.79 Å². The van der Waals surface area contributed by atoms with Crippen LogP contribution < -0.4 is 0 Å². The summed E-state index contributed by atoms with van der Waals surface area (Å²) in [4.78, 5) is 11.9. The molecule has 4 aliphatic carbocycles. The van der Waals surface area contributed by atoms with E-state index in [1.54, 1.807) is 13.0 Å². The van der Waals surface area contributed by atoms with Crippen molar-refractivity contribution in [3.8, 4) is 0 Å². The molecule has 13 heteroatoms. The Balaban J connectivity index is 0.977. The van der Waals surface area contributed by atoms with E-state index in [9.17, 15) is 40.5 Å². The van der Waals surface area contributed by atoms with E-state index in [-0.39, 0.29) is 54.2 Å². The Morgan fingerprint density at radius 3 is 2.38 bits per heavy atom. The summed E-state index contributed by atoms with van der Waals surface area (Å²) in [5, 5.41) is 75.5. The summed E-state index contributed by atoms with van der Waals surface area (Å²) in [6.45, 7) is 5.79. The Morgan fingerprint density at radius 2 is 1.69 bits per heavy atom. The van der Waals surface area contributed by atoms with Crippen molar-refractivity contribution in [3.05, 3.63) is 11.6 Å². The summed E-state index contributed by atoms with van der Waals surface area (Å²) < 4.78 is 29.1. The summed E-state index contributed by atoms with van der Waals surface area (Å²) in [6, 6.07) is 0. The quantitative estimate of drug-likeness (QED) is 0.149. The molecule has 13 nitrogen and oxygen atoms in total. The highest BCUT2D eigenvalue weighted by atomic mass is 16.7. The number of aliphatic hydroxyl groups excluding tert-OH is 6. The van der Waals surface area contributed by atoms with E-state index >= 15 is 0 Å². The van der Waals surface area contributed by atoms with Crippen LogP contribution in [0.2, 0.25) is 0 Å². The van der Waals surface area contributed by atoms with Gasteiger partial charge in [0.05, 0.1) is 36.6 Å². The molecule has 272 valence electrons. The van der Waals surface area contributed by atoms with Crippen LogP contribution in [0.1, 0.15) is 78.6 Å². The number of rotatable bonds is 6. The molecule has 7 N–H and O–H groups in total. The van der Waals surface area contributed by atoms with Crippen molar-refractivity contribution in [2.24, 2.45) is 34.5 Å². The summed E-state index contributed by atoms with van der Waals surface area (Å²) in [5.41, 5.74) is -0.686. The minimum Gasteiger partial charge on any atom is -0.458 e. The van der Waals surface area contributed by atoms with Crippen LogP contribution in [0.5, 0.6) is 0 Å². The SMILES string of the molecule is C[C@H]1O[C@@H](O[C@H]2CC[C@@]3(C)C(CCC4C3C(O)C[C@]3(C)[C@@H](C5=CC(=O)OC5)CC[C@]43O)C2)C[C@H](O)[C@@H]1O[C@@H]1O[C@H](CO)[C@@H](O)[C@H](O)[C@H]1O. The maximum absolute atomic E-state index is 12.5. The van der Waals surface area contributed by atoms with E-state index in [0.29, 0.717) is 12.8 Å². The lowest BCUT2D eigenvalue weighted by Gasteiger charge is -2.65. The van der Waals surface area contributed by atoms with E-state index in [1.807, 2.05) is 0 Å². The van der Waals surface area contributed by atoms with Crippen LogP contribution >= 0.6 is 0 Å². The van der Waals surface area contributed by atoms with E-state index < -0.39 is 79.0 Å². The highest BCUT2D eigenvalue weighted by molar-refractivity contribution is 5.85. The molecule has 0 bridgehead atoms. The molecule has 6 fully saturated rings. The van der Waals surface area contributed by atoms with Crippen molar-refractivity contribution in [2.45, 2.75) is 152 Å². The highest BCUT2D eigenvalue weighted by Crippen LogP contribution is 2.70. The molecule has 4 unspecified atom stereocenters. The Kier molecular flexibility index (Phi) is 9.36. The van der Waals surface area contributed by atoms with Gasteiger partial charge in [0, 0.05) is 17.9 Å². The Morgan fingerprint density at radius 1 is 0.917 bits per heavy atom. The molecule has 7 rings (SSSR count). The van der Waals surface area contributed by atoms with Gasteiger partial charge < -0.3 is 59.4 Å². The van der Waals surface area contributed by atoms with Crippen molar-refractivity contribution < 1.29 is 64.2 Å². The first-order chi connectivity index (χ1) is 22.7. The first-order valence-electron chi connectivity index (χ1n) is 17.9. The molecule has 3 aliphatic heterocycles. The fraction of sp³-hybridized carbons (Fsp3) is 0.914. The van der Waals surface area contributed by atoms with Crippen LogP contribution in [0.4, 0.5) is 0 Å². The van der Waals surface area contributed by atoms with E-state index in [2.05, 4.69) is 13.8 Å². The van der Waals surface area contributed by atoms with E-state index in [1.165, 1.54) is 0 Å². The van der Waals surface area contributed by atoms with Gasteiger partial charge in [-0.2, -0.15) is 0 Å². The van der Waals surface area contributed by atoms with E-state index in [0.717, 1.165) is 44.1 Å². The van der Waals surface area contributed by atoms with Gasteiger partial charge in [0.25, 0.3) is 0 Å². The number of aliphatic hydroxyl groups is 7. The summed E-state index contributed by atoms with van der Waals surface area (Å²) in [6.07, 6.45) is -3.41. The number of fused-ring (bicyclic) bond motifs is 5. The first-order valence-corrected chi connectivity index (χ1v) is 17.9. The standard InChI is InChI=1S/C35H54O13/c1-16-31(48-32-30(42)29(41)28(40)24(14-36)47-32)22(37)12-26(45-16)46-19-6-8-33(2)18(11-19)4-5-21-27(33)23(38)13-34(3)20(7-9-35(21,34)43)17-10-25(39)44-15-17/h10,16,18-24,26-32,36-38,40-43H,4-9,11-15H2,1-3H3/t16-,18?,19+,20-,21?,22+,23?,24-,26+,27?,28-,29+,30-,31-,32+,33+,34-,35+/m1/s1. The van der Waals surface area contributed by atoms with Crippen LogP contribution in [0.25, 0.3) is 0 Å². The number of carbonyl (C=O) groups excluding carboxylic acids is 1. The number of esters is 1. The summed E-state index contributed by atoms with van der Waals surface area (Å²) in [5.74, 6) is -0.109. The summed E-state index contributed by atoms with van der Waals surface area (Å²) in [7, 11) is 0. The van der Waals surface area contributed by atoms with Gasteiger partial charge in [-0.05, 0) is 93.0 Å². The third-order valence-corrected chi connectivity index (χ3v) is 14.0. The number of carbonyl (C=O) groups is 1. The minimum absolute atomic E-state index is 0.00894. The molecule has 0 spiro atoms. The Labute approximate surface area is 281 Å². The Bertz CT molecular complexity index is 1230. The second-order valence-electron chi connectivity index (χ2n) is 16.3. The van der Waals surface area contributed by atoms with Gasteiger partial charge in [-0.3, -0.25) is 0 Å². The number of cyclic esters (lactones) is 1. The highest BCUT2D eigenvalue weighted by Gasteiger charge is 2.70. The van der Waals surface area contributed by atoms with Gasteiger partial charge in [0.2, 0.25) is 0 Å². The number of ether oxygens (including phenoxy) is 5. The maximum atomic E-state index is 12.5. The van der Waals surface area contributed by atoms with Crippen molar-refractivity contribution in [1.82, 2.24) is 0 Å². The molecule has 18 atom stereocenters. The zero-order valence-electron chi connectivity index (χ0n) is 28.1. The van der Waals surface area contributed by atoms with E-state index in [4.69, 9.17) is 23.7 Å². The fourth-order valence-electron chi connectivity index (χ4n) is 11.5. The van der Waals surface area contributed by atoms with Crippen molar-refractivity contribution in [2.75, 3.05) is 13.2 Å². The van der Waals surface area contributed by atoms with Gasteiger partial charge in [-0.15, -0.1) is 0 Å². The third-order valence-electron chi connectivity index (χ3n) is 14.0. The van der Waals surface area contributed by atoms with Crippen LogP contribution in [0, 0.1) is 34.5 Å². The predicted molar refractivity (Wildman–Crippen MR) is 166 cm³/mol. The molecule has 2 saturated heterocycles. The predicted octanol–water partition coefficient (Wildman–Crippen LogP) is 0.280. The lowest BCUT2D eigenvalue weighted by Crippen LogP contribution is -2.66. The largest absolute Gasteiger partial charge is 0.458 e. The molecule has 4 saturated carbocycles. The van der Waals surface area contributed by atoms with Crippen molar-refractivity contribution >= 4 is 5.97 Å². The van der Waals surface area contributed by atoms with Gasteiger partial charge in [-0.1, -0.05) is 13.8 Å². The monoisotopic (exact) mass is 682 g/mol. The Hall–Kier alpha value is -1.23. The molecule has 48 heavy (non-hydrogen) atoms. The zero-order chi connectivity index (χ0) is 34.3. The van der Waals surface area contributed by atoms with Crippen LogP contribution in [-0.2, 0) is 28.5 Å². The topological polar surface area (TPSA) is 205 Å². The normalized spacial score (nSPS) is 55.3. The molecule has 0 aromatic heterocycles. The maximum Gasteiger partial charge on any atom is 0.331 e. The first kappa shape index (κ1) is 35.2. The molecular weight excluding hydrogens is 628 g/mol. The average Bonchev–Trinajstić information content (AvgIpc) is 3.58. The molecule has 3 heterocycles. The molecule has 0 aromatic carbocycles. The molecule has 0 radical (unpaired) electrons. The van der Waals surface area contributed by atoms with Crippen LogP contribution in [0.15, 0.2) is 11.6 Å². The average molecular weight is 683 g/mol. The lowest BCUT2D eigenvalue weighted by molar-refractivity contribution is -0.344. The van der Waals surface area contributed by atoms with Crippen molar-refractivity contribution in [1.29, 1.82) is 0 Å². The minimum atomic E-state index is -1.59. The van der Waals surface area contributed by atoms with Gasteiger partial charge >= 0.3 is 5.97 Å². The van der Waals surface area contributed by atoms with Crippen molar-refractivity contribution in [3.63, 3.8) is 0 Å². The van der Waals surface area contributed by atoms with Crippen LogP contribution in [0.3, 0.4) is 0 Å². The molecule has 0 amide bonds. The summed E-state index contributed by atoms with van der Waals surface area (Å²) >= 11 is 0. The molecule has 0 aromatic rings. The van der Waals surface area contributed by atoms with Gasteiger partial charge in [0.15, 0.2) is 12.6 Å². The molecular formula is C35H54O13. The smallest absolute Gasteiger partial charge is 0.331 e. The number of hydrogen-bond acceptors (Lipinski definition) is 13. The second kappa shape index (κ2) is 12.8. The van der Waals surface area contributed by atoms with Crippen LogP contribution in [-0.4, -0.2) is 128 Å².